The van der Waals surface area contributed by atoms with Gasteiger partial charge < -0.3 is 89.0 Å². The Morgan fingerprint density at radius 2 is 1.43 bits per heavy atom. The summed E-state index contributed by atoms with van der Waals surface area (Å²) < 4.78 is 50.8. The van der Waals surface area contributed by atoms with Crippen molar-refractivity contribution in [3.05, 3.63) is 12.2 Å². The lowest BCUT2D eigenvalue weighted by molar-refractivity contribution is -0.388. The van der Waals surface area contributed by atoms with E-state index in [0.717, 1.165) is 32.1 Å². The molecule has 2 spiro atoms. The molecule has 5 saturated heterocycles. The average Bonchev–Trinajstić information content (AvgIpc) is 3.77. The fraction of sp³-hybridized carbons (Fsp3) is 0.957. The fourth-order valence-corrected chi connectivity index (χ4v) is 15.8. The lowest BCUT2D eigenvalue weighted by Gasteiger charge is -2.70. The smallest absolute Gasteiger partial charge is 0.187 e. The summed E-state index contributed by atoms with van der Waals surface area (Å²) in [5, 5.41) is 109. The molecule has 0 radical (unpaired) electrons. The van der Waals surface area contributed by atoms with Crippen LogP contribution in [0.15, 0.2) is 12.2 Å². The lowest BCUT2D eigenvalue weighted by Crippen LogP contribution is -2.68. The van der Waals surface area contributed by atoms with E-state index in [1.807, 2.05) is 6.92 Å². The Morgan fingerprint density at radius 1 is 0.769 bits per heavy atom. The van der Waals surface area contributed by atoms with Crippen LogP contribution in [0.5, 0.6) is 0 Å². The molecule has 0 aromatic carbocycles. The molecule has 10 N–H and O–H groups in total. The number of ether oxygens (including phenoxy) is 8. The maximum atomic E-state index is 12.2. The first-order chi connectivity index (χ1) is 30.4. The second kappa shape index (κ2) is 16.8. The van der Waals surface area contributed by atoms with Gasteiger partial charge in [0, 0.05) is 24.2 Å². The third kappa shape index (κ3) is 7.32. The minimum absolute atomic E-state index is 0.122. The van der Waals surface area contributed by atoms with E-state index in [4.69, 9.17) is 37.9 Å². The summed E-state index contributed by atoms with van der Waals surface area (Å²) in [5.74, 6) is -0.524. The molecule has 0 unspecified atom stereocenters. The normalized spacial score (nSPS) is 57.7. The van der Waals surface area contributed by atoms with Crippen LogP contribution in [0.25, 0.3) is 0 Å². The minimum Gasteiger partial charge on any atom is -0.394 e. The number of fused-ring (bicyclic) bond motifs is 4. The highest BCUT2D eigenvalue weighted by Crippen LogP contribution is 2.80. The molecule has 9 fully saturated rings. The van der Waals surface area contributed by atoms with E-state index in [9.17, 15) is 51.1 Å². The van der Waals surface area contributed by atoms with Crippen LogP contribution in [0.3, 0.4) is 0 Å². The number of rotatable bonds is 9. The predicted molar refractivity (Wildman–Crippen MR) is 225 cm³/mol. The van der Waals surface area contributed by atoms with Crippen molar-refractivity contribution in [2.45, 2.75) is 216 Å². The zero-order valence-electron chi connectivity index (χ0n) is 38.8. The minimum atomic E-state index is -1.81. The summed E-state index contributed by atoms with van der Waals surface area (Å²) in [6.45, 7) is 18.0. The van der Waals surface area contributed by atoms with Crippen molar-refractivity contribution in [2.24, 2.45) is 45.3 Å². The first kappa shape index (κ1) is 49.0. The van der Waals surface area contributed by atoms with Crippen LogP contribution < -0.4 is 0 Å². The maximum absolute atomic E-state index is 12.2. The van der Waals surface area contributed by atoms with Crippen LogP contribution in [-0.2, 0) is 37.9 Å². The van der Waals surface area contributed by atoms with Gasteiger partial charge in [-0.2, -0.15) is 0 Å². The Morgan fingerprint density at radius 3 is 2.11 bits per heavy atom. The van der Waals surface area contributed by atoms with Crippen molar-refractivity contribution in [3.63, 3.8) is 0 Å². The van der Waals surface area contributed by atoms with Gasteiger partial charge in [-0.3, -0.25) is 0 Å². The molecule has 18 nitrogen and oxygen atoms in total. The van der Waals surface area contributed by atoms with Gasteiger partial charge >= 0.3 is 0 Å². The lowest BCUT2D eigenvalue weighted by atomic mass is 9.35. The molecule has 26 atom stereocenters. The fourth-order valence-electron chi connectivity index (χ4n) is 15.8. The molecule has 372 valence electrons. The Hall–Kier alpha value is -0.980. The van der Waals surface area contributed by atoms with E-state index in [1.165, 1.54) is 6.92 Å². The summed E-state index contributed by atoms with van der Waals surface area (Å²) in [7, 11) is 0. The van der Waals surface area contributed by atoms with E-state index in [0.29, 0.717) is 37.4 Å². The number of aliphatic hydroxyl groups excluding tert-OH is 9. The molecule has 4 aliphatic carbocycles. The zero-order valence-corrected chi connectivity index (χ0v) is 38.8. The third-order valence-electron chi connectivity index (χ3n) is 19.0. The number of hydrogen-bond acceptors (Lipinski definition) is 18. The molecule has 2 bridgehead atoms. The summed E-state index contributed by atoms with van der Waals surface area (Å²) in [4.78, 5) is 0. The topological polar surface area (TPSA) is 276 Å². The standard InChI is InChI=1S/C47H76O18/c1-20(2)29(50)24-15-45(8,57)38-22-9-10-27-43(6)13-12-28(42(4,5)26(43)11-14-44(27,7)46(22)18-47(38,65-24)59-19-46)62-41-37(64-39-34(55)32(53)30(51)21(3)60-39)36(23(49)17-58-41)63-40-35(56)33(54)31(52)25(16-48)61-40/h21-41,48-57H,1,9-19H2,2-8H3/t21-,22+,23-,24+,25+,26+,27+,28-,29+,30-,31+,32+,33-,34+,35+,36-,37+,38-,39-,40-,41-,43-,44+,45-,46-,47-/m0/s1. The van der Waals surface area contributed by atoms with Crippen molar-refractivity contribution in [1.29, 1.82) is 0 Å². The first-order valence-corrected chi connectivity index (χ1v) is 24.0. The van der Waals surface area contributed by atoms with E-state index < -0.39 is 128 Å². The maximum Gasteiger partial charge on any atom is 0.187 e. The van der Waals surface area contributed by atoms with Crippen molar-refractivity contribution in [1.82, 2.24) is 0 Å². The third-order valence-corrected chi connectivity index (χ3v) is 19.0. The van der Waals surface area contributed by atoms with Gasteiger partial charge in [0.05, 0.1) is 43.7 Å². The highest BCUT2D eigenvalue weighted by atomic mass is 16.8. The van der Waals surface area contributed by atoms with E-state index in [1.54, 1.807) is 6.92 Å². The quantitative estimate of drug-likeness (QED) is 0.107. The van der Waals surface area contributed by atoms with Crippen LogP contribution in [0.2, 0.25) is 0 Å². The highest BCUT2D eigenvalue weighted by molar-refractivity contribution is 5.26. The molecule has 5 aliphatic heterocycles. The zero-order chi connectivity index (χ0) is 47.1. The van der Waals surface area contributed by atoms with Gasteiger partial charge in [0.25, 0.3) is 0 Å². The summed E-state index contributed by atoms with van der Waals surface area (Å²) >= 11 is 0. The van der Waals surface area contributed by atoms with Crippen LogP contribution in [0, 0.1) is 45.3 Å². The van der Waals surface area contributed by atoms with Gasteiger partial charge in [-0.15, -0.1) is 0 Å². The Labute approximate surface area is 381 Å². The molecule has 18 heteroatoms. The van der Waals surface area contributed by atoms with Crippen molar-refractivity contribution < 1.29 is 89.0 Å². The van der Waals surface area contributed by atoms with E-state index in [-0.39, 0.29) is 40.6 Å². The van der Waals surface area contributed by atoms with Gasteiger partial charge in [0.1, 0.15) is 67.1 Å². The van der Waals surface area contributed by atoms with Gasteiger partial charge in [-0.05, 0) is 98.9 Å². The van der Waals surface area contributed by atoms with E-state index in [2.05, 4.69) is 34.3 Å². The Bertz CT molecular complexity index is 1770. The van der Waals surface area contributed by atoms with Crippen molar-refractivity contribution in [2.75, 3.05) is 19.8 Å². The number of aliphatic hydroxyl groups is 10. The SMILES string of the molecule is C=C(C)[C@@H](O)[C@H]1C[C@](C)(O)[C@@H]2[C@H]3CC[C@@H]4[C@@]5(C)CC[C@H](O[C@@H]6OC[C@H](O)[C@H](O[C@@H]7O[C@H](CO)[C@@H](O)[C@H](O)[C@H]7O)[C@H]6O[C@@H]6O[C@@H](C)[C@H](O)[C@@H](O)[C@H]6O)C(C)(C)[C@H]5CC[C@@]4(C)[C@@]34CO[C@@]2(C4)O1. The summed E-state index contributed by atoms with van der Waals surface area (Å²) in [6, 6.07) is 0. The largest absolute Gasteiger partial charge is 0.394 e. The van der Waals surface area contributed by atoms with Crippen molar-refractivity contribution in [3.8, 4) is 0 Å². The molecule has 0 aromatic rings. The summed E-state index contributed by atoms with van der Waals surface area (Å²) in [5.41, 5.74) is -1.46. The van der Waals surface area contributed by atoms with Crippen LogP contribution in [0.4, 0.5) is 0 Å². The molecule has 9 rings (SSSR count). The molecule has 0 amide bonds. The first-order valence-electron chi connectivity index (χ1n) is 24.0. The number of hydrogen-bond donors (Lipinski definition) is 10. The average molecular weight is 929 g/mol. The predicted octanol–water partition coefficient (Wildman–Crippen LogP) is -0.0349. The highest BCUT2D eigenvalue weighted by Gasteiger charge is 2.81. The molecule has 0 aromatic heterocycles. The molecule has 5 heterocycles. The Balaban J connectivity index is 0.973. The van der Waals surface area contributed by atoms with Gasteiger partial charge in [-0.25, -0.2) is 0 Å². The molecular weight excluding hydrogens is 852 g/mol. The second-order valence-corrected chi connectivity index (χ2v) is 23.0. The molecular formula is C47H76O18. The summed E-state index contributed by atoms with van der Waals surface area (Å²) in [6.07, 6.45) is -16.9. The molecule has 9 aliphatic rings. The monoisotopic (exact) mass is 929 g/mol. The van der Waals surface area contributed by atoms with Gasteiger partial charge in [0.15, 0.2) is 24.7 Å². The van der Waals surface area contributed by atoms with E-state index >= 15 is 0 Å². The molecule has 65 heavy (non-hydrogen) atoms. The second-order valence-electron chi connectivity index (χ2n) is 23.0. The van der Waals surface area contributed by atoms with Crippen LogP contribution in [-0.4, -0.2) is 187 Å². The van der Waals surface area contributed by atoms with Crippen LogP contribution >= 0.6 is 0 Å². The van der Waals surface area contributed by atoms with Gasteiger partial charge in [-0.1, -0.05) is 34.3 Å². The van der Waals surface area contributed by atoms with Crippen LogP contribution in [0.1, 0.15) is 99.8 Å². The van der Waals surface area contributed by atoms with Crippen molar-refractivity contribution >= 4 is 0 Å². The Kier molecular flexibility index (Phi) is 12.7. The van der Waals surface area contributed by atoms with Gasteiger partial charge in [0.2, 0.25) is 0 Å². The molecule has 4 saturated carbocycles.